The van der Waals surface area contributed by atoms with Gasteiger partial charge in [0.15, 0.2) is 11.6 Å². The van der Waals surface area contributed by atoms with Gasteiger partial charge in [-0.25, -0.2) is 4.98 Å². The first-order chi connectivity index (χ1) is 22.4. The molecule has 3 aromatic rings. The van der Waals surface area contributed by atoms with Gasteiger partial charge in [-0.1, -0.05) is 45.9 Å². The number of nitrogens with zero attached hydrogens (tertiary/aromatic N) is 1. The van der Waals surface area contributed by atoms with Crippen molar-refractivity contribution in [2.75, 3.05) is 20.3 Å². The third-order valence-corrected chi connectivity index (χ3v) is 8.89. The molecular weight excluding hydrogens is 622 g/mol. The number of fused-ring (bicyclic) bond motifs is 1. The summed E-state index contributed by atoms with van der Waals surface area (Å²) < 4.78 is 11.6. The number of Topliss-reactive ketones (excluding diaryl/α,β-unsaturated/α-hetero) is 1. The lowest BCUT2D eigenvalue weighted by Crippen LogP contribution is -2.57. The molecule has 0 unspecified atom stereocenters. The monoisotopic (exact) mass is 665 g/mol. The van der Waals surface area contributed by atoms with Crippen LogP contribution < -0.4 is 30.7 Å². The zero-order chi connectivity index (χ0) is 34.1. The lowest BCUT2D eigenvalue weighted by molar-refractivity contribution is -0.134. The molecule has 1 aliphatic heterocycles. The number of thiazole rings is 1. The van der Waals surface area contributed by atoms with Gasteiger partial charge < -0.3 is 30.7 Å². The highest BCUT2D eigenvalue weighted by Crippen LogP contribution is 2.25. The van der Waals surface area contributed by atoms with E-state index in [0.29, 0.717) is 30.0 Å². The van der Waals surface area contributed by atoms with E-state index in [-0.39, 0.29) is 42.2 Å². The molecule has 4 N–H and O–H groups in total. The molecule has 0 radical (unpaired) electrons. The van der Waals surface area contributed by atoms with E-state index in [0.717, 1.165) is 4.70 Å². The topological polar surface area (TPSA) is 165 Å². The van der Waals surface area contributed by atoms with Crippen molar-refractivity contribution in [2.24, 2.45) is 17.8 Å². The minimum atomic E-state index is -1.03. The summed E-state index contributed by atoms with van der Waals surface area (Å²) in [6, 6.07) is 11.2. The molecule has 0 saturated carbocycles. The van der Waals surface area contributed by atoms with Gasteiger partial charge in [-0.3, -0.25) is 24.0 Å². The predicted octanol–water partition coefficient (Wildman–Crippen LogP) is 3.25. The van der Waals surface area contributed by atoms with E-state index in [1.54, 1.807) is 38.1 Å². The first-order valence-electron chi connectivity index (χ1n) is 15.8. The van der Waals surface area contributed by atoms with Crippen LogP contribution in [-0.4, -0.2) is 72.8 Å². The number of para-hydroxylation sites is 1. The molecule has 2 aromatic carbocycles. The highest BCUT2D eigenvalue weighted by Gasteiger charge is 2.36. The summed E-state index contributed by atoms with van der Waals surface area (Å²) >= 11 is 1.23. The fraction of sp³-hybridized carbons (Fsp3) is 0.471. The number of rotatable bonds is 16. The van der Waals surface area contributed by atoms with Gasteiger partial charge in [0, 0.05) is 18.5 Å². The molecule has 1 saturated heterocycles. The summed E-state index contributed by atoms with van der Waals surface area (Å²) in [6.45, 7) is 7.56. The molecule has 252 valence electrons. The lowest BCUT2D eigenvalue weighted by atomic mass is 9.94. The van der Waals surface area contributed by atoms with Crippen LogP contribution in [0.1, 0.15) is 56.8 Å². The van der Waals surface area contributed by atoms with E-state index in [9.17, 15) is 24.0 Å². The normalized spacial score (nSPS) is 16.3. The second-order valence-corrected chi connectivity index (χ2v) is 13.4. The zero-order valence-corrected chi connectivity index (χ0v) is 28.1. The molecule has 0 aliphatic carbocycles. The third kappa shape index (κ3) is 9.74. The van der Waals surface area contributed by atoms with Crippen LogP contribution in [0.2, 0.25) is 0 Å². The lowest BCUT2D eigenvalue weighted by Gasteiger charge is -2.27. The Labute approximate surface area is 278 Å². The molecular formula is C34H43N5O7S. The molecule has 4 atom stereocenters. The predicted molar refractivity (Wildman–Crippen MR) is 178 cm³/mol. The van der Waals surface area contributed by atoms with E-state index >= 15 is 0 Å². The van der Waals surface area contributed by atoms with Crippen molar-refractivity contribution < 1.29 is 33.4 Å². The molecule has 2 heterocycles. The van der Waals surface area contributed by atoms with Crippen molar-refractivity contribution in [1.82, 2.24) is 26.3 Å². The Balaban J connectivity index is 1.46. The number of carbonyl (C=O) groups is 5. The average molecular weight is 666 g/mol. The number of nitrogens with one attached hydrogen (secondary N) is 4. The van der Waals surface area contributed by atoms with Crippen LogP contribution >= 0.6 is 11.3 Å². The quantitative estimate of drug-likeness (QED) is 0.169. The van der Waals surface area contributed by atoms with Crippen molar-refractivity contribution in [3.05, 3.63) is 53.5 Å². The number of hydrogen-bond acceptors (Lipinski definition) is 9. The fourth-order valence-corrected chi connectivity index (χ4v) is 6.30. The Morgan fingerprint density at radius 1 is 0.957 bits per heavy atom. The minimum absolute atomic E-state index is 0.00780. The average Bonchev–Trinajstić information content (AvgIpc) is 3.67. The van der Waals surface area contributed by atoms with Gasteiger partial charge >= 0.3 is 0 Å². The minimum Gasteiger partial charge on any atom is -0.497 e. The standard InChI is InChI=1S/C34H43N5O7S/c1-19(2)15-26(37-33(44)29(20(3)4)39-28(40)18-46-23-10-8-9-22(17-23)45-5)32(43)36-25(16-21-13-14-35-31(21)42)30(41)34-38-24-11-6-7-12-27(24)47-34/h6-12,17,19-21,25-26,29H,13-16,18H2,1-5H3,(H,35,42)(H,36,43)(H,37,44)(H,39,40)/t21-,25-,26-,29-/m1/s1. The van der Waals surface area contributed by atoms with E-state index in [1.165, 1.54) is 18.4 Å². The van der Waals surface area contributed by atoms with Crippen LogP contribution in [0.3, 0.4) is 0 Å². The highest BCUT2D eigenvalue weighted by atomic mass is 32.1. The Morgan fingerprint density at radius 2 is 1.68 bits per heavy atom. The maximum atomic E-state index is 13.8. The van der Waals surface area contributed by atoms with E-state index < -0.39 is 47.5 Å². The first kappa shape index (κ1) is 35.3. The molecule has 1 fully saturated rings. The zero-order valence-electron chi connectivity index (χ0n) is 27.3. The van der Waals surface area contributed by atoms with Crippen LogP contribution in [-0.2, 0) is 19.2 Å². The molecule has 1 aliphatic rings. The SMILES string of the molecule is COc1cccc(OCC(=O)N[C@@H](C(=O)N[C@H](CC(C)C)C(=O)N[C@H](C[C@H]2CCNC2=O)C(=O)c2nc3ccccc3s2)C(C)C)c1. The van der Waals surface area contributed by atoms with Crippen LogP contribution in [0.5, 0.6) is 11.5 Å². The second kappa shape index (κ2) is 16.3. The summed E-state index contributed by atoms with van der Waals surface area (Å²) in [5.74, 6) is -1.91. The molecule has 12 nitrogen and oxygen atoms in total. The van der Waals surface area contributed by atoms with Gasteiger partial charge in [0.05, 0.1) is 23.4 Å². The van der Waals surface area contributed by atoms with Crippen molar-refractivity contribution in [3.8, 4) is 11.5 Å². The second-order valence-electron chi connectivity index (χ2n) is 12.4. The summed E-state index contributed by atoms with van der Waals surface area (Å²) in [5.41, 5.74) is 0.671. The molecule has 4 rings (SSSR count). The van der Waals surface area contributed by atoms with Crippen molar-refractivity contribution in [2.45, 2.75) is 65.1 Å². The van der Waals surface area contributed by atoms with Crippen LogP contribution in [0.25, 0.3) is 10.2 Å². The highest BCUT2D eigenvalue weighted by molar-refractivity contribution is 7.20. The molecule has 13 heteroatoms. The Bertz CT molecular complexity index is 1560. The fourth-order valence-electron chi connectivity index (χ4n) is 5.34. The van der Waals surface area contributed by atoms with Gasteiger partial charge in [0.2, 0.25) is 23.5 Å². The summed E-state index contributed by atoms with van der Waals surface area (Å²) in [4.78, 5) is 70.9. The Hall–Kier alpha value is -4.52. The molecule has 4 amide bonds. The van der Waals surface area contributed by atoms with Crippen LogP contribution in [0.15, 0.2) is 48.5 Å². The molecule has 0 bridgehead atoms. The summed E-state index contributed by atoms with van der Waals surface area (Å²) in [7, 11) is 1.53. The number of carbonyl (C=O) groups excluding carboxylic acids is 5. The Kier molecular flexibility index (Phi) is 12.3. The van der Waals surface area contributed by atoms with Crippen molar-refractivity contribution in [3.63, 3.8) is 0 Å². The number of amides is 4. The summed E-state index contributed by atoms with van der Waals surface area (Å²) in [6.07, 6.45) is 0.926. The summed E-state index contributed by atoms with van der Waals surface area (Å²) in [5, 5.41) is 11.4. The maximum absolute atomic E-state index is 13.8. The molecule has 1 aromatic heterocycles. The molecule has 0 spiro atoms. The number of ketones is 1. The smallest absolute Gasteiger partial charge is 0.258 e. The number of aromatic nitrogens is 1. The van der Waals surface area contributed by atoms with Gasteiger partial charge in [-0.05, 0) is 55.4 Å². The first-order valence-corrected chi connectivity index (χ1v) is 16.6. The van der Waals surface area contributed by atoms with Gasteiger partial charge in [-0.2, -0.15) is 0 Å². The van der Waals surface area contributed by atoms with E-state index in [1.807, 2.05) is 38.1 Å². The number of benzene rings is 2. The number of methoxy groups -OCH3 is 1. The largest absolute Gasteiger partial charge is 0.497 e. The van der Waals surface area contributed by atoms with Gasteiger partial charge in [0.1, 0.15) is 23.6 Å². The third-order valence-electron chi connectivity index (χ3n) is 7.84. The van der Waals surface area contributed by atoms with Crippen LogP contribution in [0.4, 0.5) is 0 Å². The van der Waals surface area contributed by atoms with Crippen molar-refractivity contribution in [1.29, 1.82) is 0 Å². The van der Waals surface area contributed by atoms with Crippen molar-refractivity contribution >= 4 is 51.0 Å². The maximum Gasteiger partial charge on any atom is 0.258 e. The molecule has 47 heavy (non-hydrogen) atoms. The van der Waals surface area contributed by atoms with Crippen LogP contribution in [0, 0.1) is 17.8 Å². The number of hydrogen-bond donors (Lipinski definition) is 4. The van der Waals surface area contributed by atoms with E-state index in [4.69, 9.17) is 9.47 Å². The number of ether oxygens (including phenoxy) is 2. The Morgan fingerprint density at radius 3 is 2.34 bits per heavy atom. The van der Waals surface area contributed by atoms with Gasteiger partial charge in [0.25, 0.3) is 5.91 Å². The van der Waals surface area contributed by atoms with E-state index in [2.05, 4.69) is 26.3 Å². The van der Waals surface area contributed by atoms with Gasteiger partial charge in [-0.15, -0.1) is 11.3 Å².